The van der Waals surface area contributed by atoms with E-state index in [0.717, 1.165) is 44.2 Å². The molecule has 2 aromatic heterocycles. The SMILES string of the molecule is OC1CCCC(Nc2ccc3ncc(-c4cccc(C(F)(F)F)c4)n3n2)CC1. The van der Waals surface area contributed by atoms with E-state index in [4.69, 9.17) is 0 Å². The molecule has 5 nitrogen and oxygen atoms in total. The third kappa shape index (κ3) is 3.96. The summed E-state index contributed by atoms with van der Waals surface area (Å²) in [7, 11) is 0. The molecule has 4 rings (SSSR count). The van der Waals surface area contributed by atoms with Gasteiger partial charge in [0, 0.05) is 11.6 Å². The van der Waals surface area contributed by atoms with E-state index in [2.05, 4.69) is 15.4 Å². The largest absolute Gasteiger partial charge is 0.416 e. The number of aromatic nitrogens is 3. The molecule has 1 aliphatic carbocycles. The number of benzene rings is 1. The lowest BCUT2D eigenvalue weighted by Crippen LogP contribution is -2.20. The summed E-state index contributed by atoms with van der Waals surface area (Å²) < 4.78 is 40.7. The molecule has 2 heterocycles. The first kappa shape index (κ1) is 18.7. The normalized spacial score (nSPS) is 20.9. The minimum atomic E-state index is -4.40. The summed E-state index contributed by atoms with van der Waals surface area (Å²) in [5, 5.41) is 17.7. The molecule has 28 heavy (non-hydrogen) atoms. The van der Waals surface area contributed by atoms with Crippen LogP contribution in [0.5, 0.6) is 0 Å². The number of rotatable bonds is 3. The zero-order chi connectivity index (χ0) is 19.7. The van der Waals surface area contributed by atoms with Gasteiger partial charge in [-0.25, -0.2) is 9.50 Å². The fourth-order valence-electron chi connectivity index (χ4n) is 3.64. The van der Waals surface area contributed by atoms with Gasteiger partial charge in [0.15, 0.2) is 5.65 Å². The maximum atomic E-state index is 13.0. The Morgan fingerprint density at radius 2 is 1.93 bits per heavy atom. The molecule has 0 aliphatic heterocycles. The van der Waals surface area contributed by atoms with E-state index in [-0.39, 0.29) is 12.1 Å². The summed E-state index contributed by atoms with van der Waals surface area (Å²) >= 11 is 0. The van der Waals surface area contributed by atoms with Crippen LogP contribution in [0.15, 0.2) is 42.6 Å². The van der Waals surface area contributed by atoms with Gasteiger partial charge in [0.2, 0.25) is 0 Å². The van der Waals surface area contributed by atoms with Crippen LogP contribution in [0, 0.1) is 0 Å². The van der Waals surface area contributed by atoms with E-state index in [0.29, 0.717) is 22.7 Å². The Bertz CT molecular complexity index is 969. The minimum absolute atomic E-state index is 0.211. The van der Waals surface area contributed by atoms with Gasteiger partial charge < -0.3 is 10.4 Å². The maximum absolute atomic E-state index is 13.0. The lowest BCUT2D eigenvalue weighted by Gasteiger charge is -2.17. The van der Waals surface area contributed by atoms with Gasteiger partial charge in [-0.2, -0.15) is 13.2 Å². The van der Waals surface area contributed by atoms with Crippen molar-refractivity contribution in [3.05, 3.63) is 48.2 Å². The zero-order valence-corrected chi connectivity index (χ0v) is 15.2. The van der Waals surface area contributed by atoms with Crippen molar-refractivity contribution in [1.82, 2.24) is 14.6 Å². The second kappa shape index (κ2) is 7.43. The van der Waals surface area contributed by atoms with Gasteiger partial charge in [-0.3, -0.25) is 0 Å². The number of imidazole rings is 1. The second-order valence-electron chi connectivity index (χ2n) is 7.21. The Hall–Kier alpha value is -2.61. The number of nitrogens with one attached hydrogen (secondary N) is 1. The molecule has 0 amide bonds. The highest BCUT2D eigenvalue weighted by Gasteiger charge is 2.30. The molecule has 2 unspecified atom stereocenters. The number of anilines is 1. The quantitative estimate of drug-likeness (QED) is 0.646. The van der Waals surface area contributed by atoms with Crippen molar-refractivity contribution in [2.45, 2.75) is 50.4 Å². The second-order valence-corrected chi connectivity index (χ2v) is 7.21. The summed E-state index contributed by atoms with van der Waals surface area (Å²) in [4.78, 5) is 4.26. The number of alkyl halides is 3. The highest BCUT2D eigenvalue weighted by atomic mass is 19.4. The lowest BCUT2D eigenvalue weighted by atomic mass is 10.1. The summed E-state index contributed by atoms with van der Waals surface area (Å²) in [5.74, 6) is 0.639. The van der Waals surface area contributed by atoms with Crippen LogP contribution in [0.2, 0.25) is 0 Å². The number of nitrogens with zero attached hydrogens (tertiary/aromatic N) is 3. The van der Waals surface area contributed by atoms with Gasteiger partial charge in [0.05, 0.1) is 23.6 Å². The Morgan fingerprint density at radius 1 is 1.07 bits per heavy atom. The van der Waals surface area contributed by atoms with E-state index in [1.54, 1.807) is 16.6 Å². The first-order chi connectivity index (χ1) is 13.4. The summed E-state index contributed by atoms with van der Waals surface area (Å²) in [5.41, 5.74) is 0.770. The van der Waals surface area contributed by atoms with E-state index < -0.39 is 11.7 Å². The van der Waals surface area contributed by atoms with E-state index in [1.165, 1.54) is 12.3 Å². The molecule has 0 spiro atoms. The van der Waals surface area contributed by atoms with Crippen molar-refractivity contribution in [1.29, 1.82) is 0 Å². The van der Waals surface area contributed by atoms with Crippen LogP contribution in [0.25, 0.3) is 16.9 Å². The molecular weight excluding hydrogens is 369 g/mol. The van der Waals surface area contributed by atoms with Crippen molar-refractivity contribution < 1.29 is 18.3 Å². The number of hydrogen-bond acceptors (Lipinski definition) is 4. The van der Waals surface area contributed by atoms with Crippen LogP contribution >= 0.6 is 0 Å². The number of aliphatic hydroxyl groups excluding tert-OH is 1. The van der Waals surface area contributed by atoms with Crippen LogP contribution in [0.1, 0.15) is 37.7 Å². The van der Waals surface area contributed by atoms with Gasteiger partial charge >= 0.3 is 6.18 Å². The summed E-state index contributed by atoms with van der Waals surface area (Å²) in [6.45, 7) is 0. The Balaban J connectivity index is 1.63. The maximum Gasteiger partial charge on any atom is 0.416 e. The van der Waals surface area contributed by atoms with Crippen LogP contribution < -0.4 is 5.32 Å². The van der Waals surface area contributed by atoms with Crippen molar-refractivity contribution in [2.24, 2.45) is 0 Å². The van der Waals surface area contributed by atoms with Crippen molar-refractivity contribution >= 4 is 11.5 Å². The lowest BCUT2D eigenvalue weighted by molar-refractivity contribution is -0.137. The van der Waals surface area contributed by atoms with Gasteiger partial charge in [-0.1, -0.05) is 12.1 Å². The molecule has 2 atom stereocenters. The van der Waals surface area contributed by atoms with Crippen LogP contribution in [-0.2, 0) is 6.18 Å². The van der Waals surface area contributed by atoms with Gasteiger partial charge in [-0.15, -0.1) is 5.10 Å². The first-order valence-electron chi connectivity index (χ1n) is 9.37. The average Bonchev–Trinajstić information content (AvgIpc) is 2.97. The van der Waals surface area contributed by atoms with Gasteiger partial charge in [0.25, 0.3) is 0 Å². The van der Waals surface area contributed by atoms with Crippen LogP contribution in [0.4, 0.5) is 19.0 Å². The summed E-state index contributed by atoms with van der Waals surface area (Å²) in [6.07, 6.45) is 1.19. The fraction of sp³-hybridized carbons (Fsp3) is 0.400. The predicted octanol–water partition coefficient (Wildman–Crippen LogP) is 4.52. The number of aliphatic hydroxyl groups is 1. The van der Waals surface area contributed by atoms with E-state index >= 15 is 0 Å². The Labute approximate surface area is 160 Å². The average molecular weight is 390 g/mol. The van der Waals surface area contributed by atoms with Crippen LogP contribution in [0.3, 0.4) is 0 Å². The highest BCUT2D eigenvalue weighted by Crippen LogP contribution is 2.32. The zero-order valence-electron chi connectivity index (χ0n) is 15.2. The van der Waals surface area contributed by atoms with E-state index in [1.807, 2.05) is 6.07 Å². The molecule has 1 fully saturated rings. The Morgan fingerprint density at radius 3 is 2.75 bits per heavy atom. The van der Waals surface area contributed by atoms with Crippen molar-refractivity contribution in [3.63, 3.8) is 0 Å². The predicted molar refractivity (Wildman–Crippen MR) is 99.9 cm³/mol. The molecule has 8 heteroatoms. The standard InChI is InChI=1S/C20H21F3N4O/c21-20(22,23)14-4-1-3-13(11-14)17-12-24-19-10-9-18(26-27(17)19)25-15-5-2-6-16(28)8-7-15/h1,3-4,9-12,15-16,28H,2,5-8H2,(H,25,26). The van der Waals surface area contributed by atoms with Crippen molar-refractivity contribution in [3.8, 4) is 11.3 Å². The topological polar surface area (TPSA) is 62.5 Å². The molecule has 1 aromatic carbocycles. The molecule has 148 valence electrons. The molecule has 0 bridgehead atoms. The minimum Gasteiger partial charge on any atom is -0.393 e. The number of hydrogen-bond donors (Lipinski definition) is 2. The Kier molecular flexibility index (Phi) is 4.97. The number of fused-ring (bicyclic) bond motifs is 1. The third-order valence-corrected chi connectivity index (χ3v) is 5.14. The molecule has 1 saturated carbocycles. The molecule has 0 saturated heterocycles. The van der Waals surface area contributed by atoms with Crippen LogP contribution in [-0.4, -0.2) is 31.9 Å². The van der Waals surface area contributed by atoms with Gasteiger partial charge in [-0.05, 0) is 56.4 Å². The molecule has 1 aliphatic rings. The van der Waals surface area contributed by atoms with Crippen molar-refractivity contribution in [2.75, 3.05) is 5.32 Å². The fourth-order valence-corrected chi connectivity index (χ4v) is 3.64. The molecule has 3 aromatic rings. The third-order valence-electron chi connectivity index (χ3n) is 5.14. The molecule has 2 N–H and O–H groups in total. The molecule has 0 radical (unpaired) electrons. The highest BCUT2D eigenvalue weighted by molar-refractivity contribution is 5.64. The van der Waals surface area contributed by atoms with E-state index in [9.17, 15) is 18.3 Å². The molecular formula is C20H21F3N4O. The first-order valence-corrected chi connectivity index (χ1v) is 9.37. The smallest absolute Gasteiger partial charge is 0.393 e. The summed E-state index contributed by atoms with van der Waals surface area (Å²) in [6, 6.07) is 8.98. The van der Waals surface area contributed by atoms with Gasteiger partial charge in [0.1, 0.15) is 5.82 Å². The monoisotopic (exact) mass is 390 g/mol. The number of halogens is 3.